The first kappa shape index (κ1) is 12.9. The average Bonchev–Trinajstić information content (AvgIpc) is 2.29. The van der Waals surface area contributed by atoms with E-state index >= 15 is 0 Å². The van der Waals surface area contributed by atoms with Crippen LogP contribution in [0.2, 0.25) is 5.02 Å². The first-order valence-electron chi connectivity index (χ1n) is 6.67. The van der Waals surface area contributed by atoms with Crippen LogP contribution in [0.4, 0.5) is 0 Å². The molecule has 2 heteroatoms. The average molecular weight is 252 g/mol. The lowest BCUT2D eigenvalue weighted by Gasteiger charge is -2.30. The molecule has 0 spiro atoms. The van der Waals surface area contributed by atoms with Gasteiger partial charge in [-0.2, -0.15) is 0 Å². The standard InChI is InChI=1S/C15H22ClN/c1-11-6-5-7-13(10-11)17-12(2)14-8-3-4-9-15(14)16/h3-4,8-9,11-13,17H,5-7,10H2,1-2H3. The van der Waals surface area contributed by atoms with Crippen LogP contribution >= 0.6 is 11.6 Å². The molecule has 1 fully saturated rings. The van der Waals surface area contributed by atoms with Gasteiger partial charge >= 0.3 is 0 Å². The van der Waals surface area contributed by atoms with Crippen LogP contribution in [-0.2, 0) is 0 Å². The predicted molar refractivity (Wildman–Crippen MR) is 74.4 cm³/mol. The quantitative estimate of drug-likeness (QED) is 0.830. The summed E-state index contributed by atoms with van der Waals surface area (Å²) in [5, 5.41) is 4.59. The molecule has 0 heterocycles. The van der Waals surface area contributed by atoms with Crippen molar-refractivity contribution in [3.8, 4) is 0 Å². The molecule has 1 aliphatic carbocycles. The maximum absolute atomic E-state index is 6.23. The summed E-state index contributed by atoms with van der Waals surface area (Å²) < 4.78 is 0. The van der Waals surface area contributed by atoms with Gasteiger partial charge in [0.15, 0.2) is 0 Å². The molecule has 1 nitrogen and oxygen atoms in total. The second-order valence-corrected chi connectivity index (χ2v) is 5.79. The third-order valence-electron chi connectivity index (χ3n) is 3.79. The van der Waals surface area contributed by atoms with Crippen LogP contribution in [0.1, 0.15) is 51.1 Å². The highest BCUT2D eigenvalue weighted by atomic mass is 35.5. The summed E-state index contributed by atoms with van der Waals surface area (Å²) in [6.45, 7) is 4.56. The number of nitrogens with one attached hydrogen (secondary N) is 1. The van der Waals surface area contributed by atoms with Crippen molar-refractivity contribution in [2.75, 3.05) is 0 Å². The molecular weight excluding hydrogens is 230 g/mol. The molecule has 1 aromatic rings. The van der Waals surface area contributed by atoms with E-state index in [0.717, 1.165) is 10.9 Å². The van der Waals surface area contributed by atoms with E-state index < -0.39 is 0 Å². The second-order valence-electron chi connectivity index (χ2n) is 5.38. The summed E-state index contributed by atoms with van der Waals surface area (Å²) >= 11 is 6.23. The van der Waals surface area contributed by atoms with E-state index in [0.29, 0.717) is 12.1 Å². The van der Waals surface area contributed by atoms with E-state index in [1.54, 1.807) is 0 Å². The van der Waals surface area contributed by atoms with Gasteiger partial charge in [0.25, 0.3) is 0 Å². The second kappa shape index (κ2) is 5.88. The molecule has 1 aliphatic rings. The molecule has 0 saturated heterocycles. The maximum Gasteiger partial charge on any atom is 0.0453 e. The Morgan fingerprint density at radius 1 is 1.29 bits per heavy atom. The van der Waals surface area contributed by atoms with Gasteiger partial charge in [0.2, 0.25) is 0 Å². The normalized spacial score (nSPS) is 26.8. The molecule has 0 aliphatic heterocycles. The number of halogens is 1. The molecule has 3 atom stereocenters. The van der Waals surface area contributed by atoms with Gasteiger partial charge in [0, 0.05) is 17.1 Å². The Morgan fingerprint density at radius 2 is 2.06 bits per heavy atom. The van der Waals surface area contributed by atoms with Crippen LogP contribution < -0.4 is 5.32 Å². The number of hydrogen-bond donors (Lipinski definition) is 1. The Balaban J connectivity index is 1.97. The van der Waals surface area contributed by atoms with Gasteiger partial charge in [-0.1, -0.05) is 49.6 Å². The Labute approximate surface area is 110 Å². The molecule has 3 unspecified atom stereocenters. The lowest BCUT2D eigenvalue weighted by Crippen LogP contribution is -2.35. The number of benzene rings is 1. The first-order valence-corrected chi connectivity index (χ1v) is 7.05. The Morgan fingerprint density at radius 3 is 2.76 bits per heavy atom. The van der Waals surface area contributed by atoms with E-state index in [9.17, 15) is 0 Å². The highest BCUT2D eigenvalue weighted by Gasteiger charge is 2.21. The van der Waals surface area contributed by atoms with E-state index in [1.165, 1.54) is 31.2 Å². The van der Waals surface area contributed by atoms with Crippen LogP contribution in [0.25, 0.3) is 0 Å². The summed E-state index contributed by atoms with van der Waals surface area (Å²) in [7, 11) is 0. The van der Waals surface area contributed by atoms with E-state index in [1.807, 2.05) is 12.1 Å². The molecular formula is C15H22ClN. The fourth-order valence-electron chi connectivity index (χ4n) is 2.86. The van der Waals surface area contributed by atoms with Crippen molar-refractivity contribution >= 4 is 11.6 Å². The van der Waals surface area contributed by atoms with Gasteiger partial charge in [-0.15, -0.1) is 0 Å². The van der Waals surface area contributed by atoms with Crippen LogP contribution in [0.15, 0.2) is 24.3 Å². The molecule has 94 valence electrons. The molecule has 17 heavy (non-hydrogen) atoms. The summed E-state index contributed by atoms with van der Waals surface area (Å²) in [5.41, 5.74) is 1.22. The molecule has 1 saturated carbocycles. The Hall–Kier alpha value is -0.530. The van der Waals surface area contributed by atoms with Gasteiger partial charge < -0.3 is 5.32 Å². The zero-order valence-electron chi connectivity index (χ0n) is 10.7. The molecule has 0 bridgehead atoms. The monoisotopic (exact) mass is 251 g/mol. The van der Waals surface area contributed by atoms with Gasteiger partial charge in [-0.25, -0.2) is 0 Å². The maximum atomic E-state index is 6.23. The van der Waals surface area contributed by atoms with E-state index in [4.69, 9.17) is 11.6 Å². The van der Waals surface area contributed by atoms with E-state index in [2.05, 4.69) is 31.3 Å². The van der Waals surface area contributed by atoms with Gasteiger partial charge in [0.1, 0.15) is 0 Å². The summed E-state index contributed by atoms with van der Waals surface area (Å²) in [4.78, 5) is 0. The number of rotatable bonds is 3. The third kappa shape index (κ3) is 3.46. The van der Waals surface area contributed by atoms with Crippen molar-refractivity contribution < 1.29 is 0 Å². The topological polar surface area (TPSA) is 12.0 Å². The van der Waals surface area contributed by atoms with Crippen LogP contribution in [0, 0.1) is 5.92 Å². The fraction of sp³-hybridized carbons (Fsp3) is 0.600. The number of hydrogen-bond acceptors (Lipinski definition) is 1. The Bertz CT molecular complexity index is 364. The molecule has 1 N–H and O–H groups in total. The smallest absolute Gasteiger partial charge is 0.0453 e. The van der Waals surface area contributed by atoms with Gasteiger partial charge in [-0.05, 0) is 37.3 Å². The third-order valence-corrected chi connectivity index (χ3v) is 4.14. The molecule has 0 amide bonds. The largest absolute Gasteiger partial charge is 0.307 e. The van der Waals surface area contributed by atoms with Gasteiger partial charge in [0.05, 0.1) is 0 Å². The van der Waals surface area contributed by atoms with Crippen LogP contribution in [0.3, 0.4) is 0 Å². The zero-order chi connectivity index (χ0) is 12.3. The SMILES string of the molecule is CC1CCCC(NC(C)c2ccccc2Cl)C1. The van der Waals surface area contributed by atoms with Crippen molar-refractivity contribution in [3.63, 3.8) is 0 Å². The molecule has 1 aromatic carbocycles. The van der Waals surface area contributed by atoms with Crippen molar-refractivity contribution in [1.29, 1.82) is 0 Å². The first-order chi connectivity index (χ1) is 8.16. The summed E-state index contributed by atoms with van der Waals surface area (Å²) in [5.74, 6) is 0.861. The minimum atomic E-state index is 0.346. The van der Waals surface area contributed by atoms with Gasteiger partial charge in [-0.3, -0.25) is 0 Å². The summed E-state index contributed by atoms with van der Waals surface area (Å²) in [6.07, 6.45) is 5.35. The summed E-state index contributed by atoms with van der Waals surface area (Å²) in [6, 6.07) is 9.14. The van der Waals surface area contributed by atoms with Crippen molar-refractivity contribution in [1.82, 2.24) is 5.32 Å². The zero-order valence-corrected chi connectivity index (χ0v) is 11.5. The highest BCUT2D eigenvalue weighted by molar-refractivity contribution is 6.31. The highest BCUT2D eigenvalue weighted by Crippen LogP contribution is 2.27. The minimum absolute atomic E-state index is 0.346. The van der Waals surface area contributed by atoms with E-state index in [-0.39, 0.29) is 0 Å². The lowest BCUT2D eigenvalue weighted by molar-refractivity contribution is 0.285. The molecule has 0 radical (unpaired) electrons. The van der Waals surface area contributed by atoms with Crippen LogP contribution in [0.5, 0.6) is 0 Å². The predicted octanol–water partition coefficient (Wildman–Crippen LogP) is 4.57. The van der Waals surface area contributed by atoms with Crippen molar-refractivity contribution in [2.45, 2.75) is 51.6 Å². The Kier molecular flexibility index (Phi) is 4.47. The van der Waals surface area contributed by atoms with Crippen LogP contribution in [-0.4, -0.2) is 6.04 Å². The minimum Gasteiger partial charge on any atom is -0.307 e. The van der Waals surface area contributed by atoms with Crippen molar-refractivity contribution in [3.05, 3.63) is 34.9 Å². The lowest BCUT2D eigenvalue weighted by atomic mass is 9.86. The fourth-order valence-corrected chi connectivity index (χ4v) is 3.15. The van der Waals surface area contributed by atoms with Crippen molar-refractivity contribution in [2.24, 2.45) is 5.92 Å². The molecule has 2 rings (SSSR count). The molecule has 0 aromatic heterocycles.